The van der Waals surface area contributed by atoms with E-state index in [0.717, 1.165) is 24.0 Å². The molecule has 4 aromatic rings. The second-order valence-corrected chi connectivity index (χ2v) is 10.6. The summed E-state index contributed by atoms with van der Waals surface area (Å²) >= 11 is 6.73. The van der Waals surface area contributed by atoms with Crippen molar-refractivity contribution >= 4 is 22.8 Å². The summed E-state index contributed by atoms with van der Waals surface area (Å²) in [7, 11) is 0. The molecule has 0 bridgehead atoms. The number of aromatic nitrogens is 4. The number of ether oxygens (including phenoxy) is 2. The molecule has 1 aliphatic rings. The lowest BCUT2D eigenvalue weighted by Gasteiger charge is -2.18. The van der Waals surface area contributed by atoms with E-state index in [1.807, 2.05) is 36.6 Å². The minimum absolute atomic E-state index is 0.156. The van der Waals surface area contributed by atoms with Crippen LogP contribution in [0.15, 0.2) is 48.8 Å². The monoisotopic (exact) mass is 522 g/mol. The fourth-order valence-electron chi connectivity index (χ4n) is 3.88. The lowest BCUT2D eigenvalue weighted by atomic mass is 10.1. The van der Waals surface area contributed by atoms with Gasteiger partial charge in [-0.15, -0.1) is 0 Å². The van der Waals surface area contributed by atoms with E-state index >= 15 is 0 Å². The smallest absolute Gasteiger partial charge is 0.245 e. The van der Waals surface area contributed by atoms with Crippen molar-refractivity contribution < 1.29 is 14.6 Å². The SMILES string of the molecule is CC.Cc1cccc(Cn2c(-c3ccc(OCC(C)(C)O)cc3Cl)nc3c(OC4(C)CC4)ncnc32)c1. The molecule has 1 aliphatic carbocycles. The van der Waals surface area contributed by atoms with Crippen molar-refractivity contribution in [3.05, 3.63) is 64.9 Å². The molecule has 2 aromatic heterocycles. The first-order valence-corrected chi connectivity index (χ1v) is 13.1. The van der Waals surface area contributed by atoms with Crippen molar-refractivity contribution in [2.24, 2.45) is 0 Å². The molecule has 0 saturated heterocycles. The van der Waals surface area contributed by atoms with Gasteiger partial charge in [0.25, 0.3) is 0 Å². The van der Waals surface area contributed by atoms with Gasteiger partial charge < -0.3 is 19.1 Å². The van der Waals surface area contributed by atoms with Crippen molar-refractivity contribution in [2.45, 2.75) is 72.1 Å². The van der Waals surface area contributed by atoms with E-state index in [4.69, 9.17) is 26.1 Å². The Labute approximate surface area is 223 Å². The average Bonchev–Trinajstić information content (AvgIpc) is 3.47. The maximum Gasteiger partial charge on any atom is 0.245 e. The number of aliphatic hydroxyl groups is 1. The number of hydrogen-bond acceptors (Lipinski definition) is 6. The van der Waals surface area contributed by atoms with Crippen LogP contribution >= 0.6 is 11.6 Å². The quantitative estimate of drug-likeness (QED) is 0.280. The van der Waals surface area contributed by atoms with Gasteiger partial charge >= 0.3 is 0 Å². The Kier molecular flexibility index (Phi) is 7.76. The molecule has 0 atom stereocenters. The zero-order valence-corrected chi connectivity index (χ0v) is 23.1. The van der Waals surface area contributed by atoms with Gasteiger partial charge in [0.05, 0.1) is 17.2 Å². The third-order valence-electron chi connectivity index (χ3n) is 5.99. The molecule has 1 N–H and O–H groups in total. The van der Waals surface area contributed by atoms with E-state index < -0.39 is 5.60 Å². The highest BCUT2D eigenvalue weighted by Crippen LogP contribution is 2.41. The predicted molar refractivity (Wildman–Crippen MR) is 147 cm³/mol. The predicted octanol–water partition coefficient (Wildman–Crippen LogP) is 6.61. The molecule has 7 nitrogen and oxygen atoms in total. The molecule has 0 unspecified atom stereocenters. The summed E-state index contributed by atoms with van der Waals surface area (Å²) in [6.45, 7) is 12.3. The number of aryl methyl sites for hydroxylation is 1. The van der Waals surface area contributed by atoms with Crippen LogP contribution in [0.4, 0.5) is 0 Å². The van der Waals surface area contributed by atoms with Gasteiger partial charge in [0, 0.05) is 5.56 Å². The second kappa shape index (κ2) is 10.7. The number of fused-ring (bicyclic) bond motifs is 1. The van der Waals surface area contributed by atoms with E-state index in [2.05, 4.69) is 42.0 Å². The van der Waals surface area contributed by atoms with Crippen LogP contribution in [0.2, 0.25) is 5.02 Å². The Morgan fingerprint density at radius 2 is 1.86 bits per heavy atom. The van der Waals surface area contributed by atoms with Gasteiger partial charge in [-0.25, -0.2) is 9.97 Å². The van der Waals surface area contributed by atoms with Gasteiger partial charge in [-0.2, -0.15) is 4.98 Å². The van der Waals surface area contributed by atoms with Crippen LogP contribution in [-0.2, 0) is 6.54 Å². The summed E-state index contributed by atoms with van der Waals surface area (Å²) in [5.41, 5.74) is 3.22. The molecule has 2 aromatic carbocycles. The number of nitrogens with zero attached hydrogens (tertiary/aromatic N) is 4. The molecule has 1 fully saturated rings. The molecule has 2 heterocycles. The topological polar surface area (TPSA) is 82.3 Å². The van der Waals surface area contributed by atoms with Crippen LogP contribution in [0.5, 0.6) is 11.6 Å². The van der Waals surface area contributed by atoms with E-state index in [1.54, 1.807) is 19.9 Å². The molecule has 0 amide bonds. The van der Waals surface area contributed by atoms with Crippen molar-refractivity contribution in [3.63, 3.8) is 0 Å². The summed E-state index contributed by atoms with van der Waals surface area (Å²) in [4.78, 5) is 13.9. The molecule has 5 rings (SSSR count). The van der Waals surface area contributed by atoms with E-state index in [-0.39, 0.29) is 12.2 Å². The van der Waals surface area contributed by atoms with E-state index in [1.165, 1.54) is 11.9 Å². The summed E-state index contributed by atoms with van der Waals surface area (Å²) < 4.78 is 14.0. The maximum absolute atomic E-state index is 9.97. The summed E-state index contributed by atoms with van der Waals surface area (Å²) in [6.07, 6.45) is 3.51. The highest BCUT2D eigenvalue weighted by molar-refractivity contribution is 6.33. The third kappa shape index (κ3) is 6.40. The van der Waals surface area contributed by atoms with Crippen LogP contribution in [0, 0.1) is 6.92 Å². The Bertz CT molecular complexity index is 1390. The fourth-order valence-corrected chi connectivity index (χ4v) is 4.13. The van der Waals surface area contributed by atoms with Gasteiger partial charge in [-0.05, 0) is 64.3 Å². The summed E-state index contributed by atoms with van der Waals surface area (Å²) in [5.74, 6) is 1.74. The summed E-state index contributed by atoms with van der Waals surface area (Å²) in [6, 6.07) is 13.8. The zero-order chi connectivity index (χ0) is 26.8. The molecule has 196 valence electrons. The van der Waals surface area contributed by atoms with Crippen LogP contribution < -0.4 is 9.47 Å². The largest absolute Gasteiger partial charge is 0.491 e. The lowest BCUT2D eigenvalue weighted by Crippen LogP contribution is -2.27. The Morgan fingerprint density at radius 3 is 2.51 bits per heavy atom. The van der Waals surface area contributed by atoms with Crippen molar-refractivity contribution in [3.8, 4) is 23.0 Å². The molecule has 0 spiro atoms. The van der Waals surface area contributed by atoms with Crippen LogP contribution in [0.3, 0.4) is 0 Å². The first-order chi connectivity index (χ1) is 17.6. The Balaban J connectivity index is 0.00000156. The van der Waals surface area contributed by atoms with Crippen molar-refractivity contribution in [1.82, 2.24) is 19.5 Å². The highest BCUT2D eigenvalue weighted by atomic mass is 35.5. The van der Waals surface area contributed by atoms with Crippen LogP contribution in [-0.4, -0.2) is 42.4 Å². The standard InChI is InChI=1S/C27H29ClN4O3.C2H6/c1-17-6-5-7-18(12-17)14-32-23(20-9-8-19(13-21(20)28)34-15-26(2,3)33)31-22-24(32)29-16-30-25(22)35-27(4)10-11-27;1-2/h5-9,12-13,16,33H,10-11,14-15H2,1-4H3;1-2H3. The molecule has 37 heavy (non-hydrogen) atoms. The minimum Gasteiger partial charge on any atom is -0.491 e. The van der Waals surface area contributed by atoms with Gasteiger partial charge in [0.2, 0.25) is 5.88 Å². The van der Waals surface area contributed by atoms with Gasteiger partial charge in [0.15, 0.2) is 11.2 Å². The molecule has 0 radical (unpaired) electrons. The van der Waals surface area contributed by atoms with Gasteiger partial charge in [0.1, 0.15) is 30.1 Å². The molecule has 0 aliphatic heterocycles. The molecular formula is C29H35ClN4O3. The Morgan fingerprint density at radius 1 is 1.11 bits per heavy atom. The highest BCUT2D eigenvalue weighted by Gasteiger charge is 2.41. The van der Waals surface area contributed by atoms with Crippen LogP contribution in [0.1, 0.15) is 58.6 Å². The third-order valence-corrected chi connectivity index (χ3v) is 6.31. The molecular weight excluding hydrogens is 488 g/mol. The number of hydrogen-bond donors (Lipinski definition) is 1. The summed E-state index contributed by atoms with van der Waals surface area (Å²) in [5, 5.41) is 10.5. The van der Waals surface area contributed by atoms with E-state index in [9.17, 15) is 5.11 Å². The Hall–Kier alpha value is -3.16. The van der Waals surface area contributed by atoms with Crippen molar-refractivity contribution in [1.29, 1.82) is 0 Å². The zero-order valence-electron chi connectivity index (χ0n) is 22.4. The number of halogens is 1. The first kappa shape index (κ1) is 26.9. The number of benzene rings is 2. The van der Waals surface area contributed by atoms with Crippen LogP contribution in [0.25, 0.3) is 22.6 Å². The lowest BCUT2D eigenvalue weighted by molar-refractivity contribution is 0.0285. The van der Waals surface area contributed by atoms with E-state index in [0.29, 0.717) is 40.2 Å². The minimum atomic E-state index is -0.944. The maximum atomic E-state index is 9.97. The number of imidazole rings is 1. The molecule has 8 heteroatoms. The average molecular weight is 523 g/mol. The van der Waals surface area contributed by atoms with Gasteiger partial charge in [-0.1, -0.05) is 55.3 Å². The second-order valence-electron chi connectivity index (χ2n) is 10.2. The first-order valence-electron chi connectivity index (χ1n) is 12.7. The normalized spacial score (nSPS) is 14.2. The fraction of sp³-hybridized carbons (Fsp3) is 0.414. The number of rotatable bonds is 8. The van der Waals surface area contributed by atoms with Crippen molar-refractivity contribution in [2.75, 3.05) is 6.61 Å². The van der Waals surface area contributed by atoms with Gasteiger partial charge in [-0.3, -0.25) is 0 Å². The molecule has 1 saturated carbocycles.